The molecule has 1 aromatic rings. The van der Waals surface area contributed by atoms with Gasteiger partial charge in [-0.3, -0.25) is 0 Å². The lowest BCUT2D eigenvalue weighted by Crippen LogP contribution is -1.89. The van der Waals surface area contributed by atoms with Gasteiger partial charge in [0.1, 0.15) is 0 Å². The Hall–Kier alpha value is -0.280. The van der Waals surface area contributed by atoms with Gasteiger partial charge in [-0.1, -0.05) is 0 Å². The average Bonchev–Trinajstić information content (AvgIpc) is 2.15. The summed E-state index contributed by atoms with van der Waals surface area (Å²) >= 11 is 3.84. The number of hydrogen-bond acceptors (Lipinski definition) is 3. The van der Waals surface area contributed by atoms with E-state index in [1.165, 1.54) is 28.4 Å². The summed E-state index contributed by atoms with van der Waals surface area (Å²) in [5.41, 5.74) is 7.84. The fourth-order valence-electron chi connectivity index (χ4n) is 1.22. The maximum absolute atomic E-state index is 5.69. The molecular weight excluding hydrogens is 210 g/mol. The van der Waals surface area contributed by atoms with Crippen LogP contribution in [0.25, 0.3) is 0 Å². The monoisotopic (exact) mass is 227 g/mol. The van der Waals surface area contributed by atoms with Crippen LogP contribution in [0.15, 0.2) is 23.1 Å². The van der Waals surface area contributed by atoms with Gasteiger partial charge in [-0.2, -0.15) is 11.8 Å². The van der Waals surface area contributed by atoms with E-state index in [4.69, 9.17) is 5.73 Å². The fraction of sp³-hybridized carbons (Fsp3) is 0.455. The predicted molar refractivity (Wildman–Crippen MR) is 69.3 cm³/mol. The van der Waals surface area contributed by atoms with Gasteiger partial charge >= 0.3 is 0 Å². The number of anilines is 1. The van der Waals surface area contributed by atoms with Crippen LogP contribution in [-0.4, -0.2) is 17.8 Å². The van der Waals surface area contributed by atoms with Crippen LogP contribution < -0.4 is 5.73 Å². The number of rotatable bonds is 5. The van der Waals surface area contributed by atoms with Crippen molar-refractivity contribution in [1.29, 1.82) is 0 Å². The van der Waals surface area contributed by atoms with E-state index < -0.39 is 0 Å². The topological polar surface area (TPSA) is 26.0 Å². The van der Waals surface area contributed by atoms with Crippen LogP contribution in [0.3, 0.4) is 0 Å². The minimum Gasteiger partial charge on any atom is -0.399 e. The van der Waals surface area contributed by atoms with E-state index >= 15 is 0 Å². The van der Waals surface area contributed by atoms with Crippen molar-refractivity contribution in [3.8, 4) is 0 Å². The number of thioether (sulfide) groups is 2. The molecule has 1 rings (SSSR count). The molecule has 14 heavy (non-hydrogen) atoms. The van der Waals surface area contributed by atoms with Crippen molar-refractivity contribution in [2.24, 2.45) is 0 Å². The molecule has 78 valence electrons. The first-order chi connectivity index (χ1) is 6.74. The summed E-state index contributed by atoms with van der Waals surface area (Å²) < 4.78 is 0. The molecule has 0 unspecified atom stereocenters. The average molecular weight is 227 g/mol. The Kier molecular flexibility index (Phi) is 5.26. The normalized spacial score (nSPS) is 10.4. The van der Waals surface area contributed by atoms with Crippen molar-refractivity contribution in [3.63, 3.8) is 0 Å². The van der Waals surface area contributed by atoms with Crippen molar-refractivity contribution >= 4 is 29.2 Å². The van der Waals surface area contributed by atoms with Crippen molar-refractivity contribution in [3.05, 3.63) is 23.8 Å². The molecule has 0 aromatic heterocycles. The SMILES string of the molecule is CSCCCSc1ccc(N)cc1C. The van der Waals surface area contributed by atoms with E-state index in [1.807, 2.05) is 35.7 Å². The Bertz CT molecular complexity index is 287. The Morgan fingerprint density at radius 3 is 2.71 bits per heavy atom. The number of hydrogen-bond donors (Lipinski definition) is 1. The highest BCUT2D eigenvalue weighted by Gasteiger charge is 1.98. The molecule has 0 spiro atoms. The molecule has 0 atom stereocenters. The molecule has 2 N–H and O–H groups in total. The zero-order chi connectivity index (χ0) is 10.4. The fourth-order valence-corrected chi connectivity index (χ4v) is 2.80. The predicted octanol–water partition coefficient (Wildman–Crippen LogP) is 3.42. The third kappa shape index (κ3) is 3.84. The summed E-state index contributed by atoms with van der Waals surface area (Å²) in [6.45, 7) is 2.12. The van der Waals surface area contributed by atoms with Crippen LogP contribution in [0.1, 0.15) is 12.0 Å². The molecule has 0 amide bonds. The molecule has 3 heteroatoms. The quantitative estimate of drug-likeness (QED) is 0.474. The van der Waals surface area contributed by atoms with E-state index in [2.05, 4.69) is 19.2 Å². The van der Waals surface area contributed by atoms with E-state index in [1.54, 1.807) is 0 Å². The smallest absolute Gasteiger partial charge is 0.0317 e. The molecule has 0 fully saturated rings. The van der Waals surface area contributed by atoms with Gasteiger partial charge in [-0.15, -0.1) is 11.8 Å². The van der Waals surface area contributed by atoms with Crippen LogP contribution in [0.4, 0.5) is 5.69 Å². The number of nitrogens with two attached hydrogens (primary N) is 1. The lowest BCUT2D eigenvalue weighted by molar-refractivity contribution is 1.12. The summed E-state index contributed by atoms with van der Waals surface area (Å²) in [4.78, 5) is 1.36. The molecule has 0 aliphatic rings. The maximum Gasteiger partial charge on any atom is 0.0317 e. The van der Waals surface area contributed by atoms with E-state index in [-0.39, 0.29) is 0 Å². The summed E-state index contributed by atoms with van der Waals surface area (Å²) in [6, 6.07) is 6.13. The molecule has 0 aliphatic heterocycles. The molecule has 0 bridgehead atoms. The molecule has 0 saturated carbocycles. The minimum absolute atomic E-state index is 0.857. The van der Waals surface area contributed by atoms with Gasteiger partial charge in [0.15, 0.2) is 0 Å². The third-order valence-corrected chi connectivity index (χ3v) is 3.91. The zero-order valence-electron chi connectivity index (χ0n) is 8.75. The van der Waals surface area contributed by atoms with Crippen LogP contribution in [0.2, 0.25) is 0 Å². The maximum atomic E-state index is 5.69. The van der Waals surface area contributed by atoms with Gasteiger partial charge in [-0.25, -0.2) is 0 Å². The molecule has 0 aliphatic carbocycles. The van der Waals surface area contributed by atoms with Gasteiger partial charge in [0.2, 0.25) is 0 Å². The van der Waals surface area contributed by atoms with Gasteiger partial charge in [0.25, 0.3) is 0 Å². The highest BCUT2D eigenvalue weighted by Crippen LogP contribution is 2.24. The second-order valence-corrected chi connectivity index (χ2v) is 5.34. The van der Waals surface area contributed by atoms with E-state index in [9.17, 15) is 0 Å². The van der Waals surface area contributed by atoms with Gasteiger partial charge < -0.3 is 5.73 Å². The molecular formula is C11H17NS2. The van der Waals surface area contributed by atoms with Gasteiger partial charge in [-0.05, 0) is 54.9 Å². The number of benzene rings is 1. The van der Waals surface area contributed by atoms with Crippen molar-refractivity contribution in [2.75, 3.05) is 23.5 Å². The molecule has 0 heterocycles. The van der Waals surface area contributed by atoms with E-state index in [0.717, 1.165) is 5.69 Å². The molecule has 1 nitrogen and oxygen atoms in total. The van der Waals surface area contributed by atoms with Crippen molar-refractivity contribution < 1.29 is 0 Å². The summed E-state index contributed by atoms with van der Waals surface area (Å²) in [7, 11) is 0. The molecule has 0 saturated heterocycles. The molecule has 0 radical (unpaired) electrons. The summed E-state index contributed by atoms with van der Waals surface area (Å²) in [6.07, 6.45) is 3.43. The molecule has 1 aromatic carbocycles. The van der Waals surface area contributed by atoms with Crippen LogP contribution in [0, 0.1) is 6.92 Å². The lowest BCUT2D eigenvalue weighted by Gasteiger charge is -2.05. The Labute approximate surface area is 94.8 Å². The standard InChI is InChI=1S/C11H17NS2/c1-9-8-10(12)4-5-11(9)14-7-3-6-13-2/h4-5,8H,3,6-7,12H2,1-2H3. The first-order valence-corrected chi connectivity index (χ1v) is 7.10. The first kappa shape index (κ1) is 11.8. The Morgan fingerprint density at radius 1 is 1.29 bits per heavy atom. The highest BCUT2D eigenvalue weighted by molar-refractivity contribution is 7.99. The third-order valence-electron chi connectivity index (χ3n) is 1.95. The Balaban J connectivity index is 2.42. The number of aryl methyl sites for hydroxylation is 1. The van der Waals surface area contributed by atoms with Gasteiger partial charge in [0, 0.05) is 10.6 Å². The lowest BCUT2D eigenvalue weighted by atomic mass is 10.2. The highest BCUT2D eigenvalue weighted by atomic mass is 32.2. The largest absolute Gasteiger partial charge is 0.399 e. The van der Waals surface area contributed by atoms with Crippen molar-refractivity contribution in [2.45, 2.75) is 18.2 Å². The van der Waals surface area contributed by atoms with Crippen LogP contribution in [0.5, 0.6) is 0 Å². The second kappa shape index (κ2) is 6.25. The Morgan fingerprint density at radius 2 is 2.07 bits per heavy atom. The van der Waals surface area contributed by atoms with Gasteiger partial charge in [0.05, 0.1) is 0 Å². The van der Waals surface area contributed by atoms with Crippen molar-refractivity contribution in [1.82, 2.24) is 0 Å². The number of nitrogen functional groups attached to an aromatic ring is 1. The minimum atomic E-state index is 0.857. The van der Waals surface area contributed by atoms with Crippen LogP contribution >= 0.6 is 23.5 Å². The van der Waals surface area contributed by atoms with Crippen LogP contribution in [-0.2, 0) is 0 Å². The summed E-state index contributed by atoms with van der Waals surface area (Å²) in [5.74, 6) is 2.45. The summed E-state index contributed by atoms with van der Waals surface area (Å²) in [5, 5.41) is 0. The first-order valence-electron chi connectivity index (χ1n) is 4.72. The second-order valence-electron chi connectivity index (χ2n) is 3.22. The van der Waals surface area contributed by atoms with E-state index in [0.29, 0.717) is 0 Å². The zero-order valence-corrected chi connectivity index (χ0v) is 10.4.